The highest BCUT2D eigenvalue weighted by Gasteiger charge is 2.02. The Balaban J connectivity index is -0.00000134. The van der Waals surface area contributed by atoms with Crippen molar-refractivity contribution in [2.24, 2.45) is 0 Å². The molecule has 0 bridgehead atoms. The van der Waals surface area contributed by atoms with Gasteiger partial charge in [0.2, 0.25) is 0 Å². The standard InChI is InChI=1S/2C27H52O10.H3O4P/c2*1-3-5-6-7-8-9-10-11-12-13-14-15-16-17-18-19-20-21-22-23-25-29-31-33-35-37-36-34-32-30-27-26-28-24-4-2;1-5(2,3)4/h2*4,23-25H,3,5-22,26-27H2,1-2H3;(H3,1,2,3,4). The van der Waals surface area contributed by atoms with Crippen LogP contribution in [0.3, 0.4) is 0 Å². The second-order valence-corrected chi connectivity index (χ2v) is 19.4. The normalized spacial score (nSPS) is 11.7. The second kappa shape index (κ2) is 77.7. The van der Waals surface area contributed by atoms with Gasteiger partial charge in [0.15, 0.2) is 0 Å². The average Bonchev–Trinajstić information content (AvgIpc) is 3.43. The van der Waals surface area contributed by atoms with E-state index in [1.807, 2.05) is 26.0 Å². The smallest absolute Gasteiger partial charge is 0.466 e. The molecule has 0 rings (SSSR count). The highest BCUT2D eigenvalue weighted by molar-refractivity contribution is 7.45. The van der Waals surface area contributed by atoms with Crippen molar-refractivity contribution in [2.75, 3.05) is 26.4 Å². The SMILES string of the molecule is CC=COCCOOOOOOOOOC=CCCCCCCCCCCCCCCCCCCCC.CC=COCCOOOOOOOOOC=CCCCCCCCCCCCCCCCCCCCC.O=P(O)(O)O. The largest absolute Gasteiger partial charge is 0.499 e. The highest BCUT2D eigenvalue weighted by Crippen LogP contribution is 2.26. The van der Waals surface area contributed by atoms with Gasteiger partial charge >= 0.3 is 7.82 Å². The fraction of sp³-hybridized carbons (Fsp3) is 0.852. The van der Waals surface area contributed by atoms with Gasteiger partial charge in [-0.2, -0.15) is 0 Å². The van der Waals surface area contributed by atoms with Crippen LogP contribution in [0, 0.1) is 0 Å². The Morgan fingerprint density at radius 3 is 0.747 bits per heavy atom. The van der Waals surface area contributed by atoms with Gasteiger partial charge in [-0.3, -0.25) is 0 Å². The number of hydrogen-bond donors (Lipinski definition) is 3. The first-order valence-corrected chi connectivity index (χ1v) is 30.8. The third-order valence-corrected chi connectivity index (χ3v) is 11.3. The van der Waals surface area contributed by atoms with Crippen LogP contribution in [0.2, 0.25) is 0 Å². The van der Waals surface area contributed by atoms with Crippen LogP contribution in [-0.4, -0.2) is 41.1 Å². The summed E-state index contributed by atoms with van der Waals surface area (Å²) < 4.78 is 18.8. The summed E-state index contributed by atoms with van der Waals surface area (Å²) in [4.78, 5) is 39.7. The number of unbranched alkanes of at least 4 members (excludes halogenated alkanes) is 36. The molecule has 0 saturated carbocycles. The van der Waals surface area contributed by atoms with E-state index in [0.29, 0.717) is 0 Å². The maximum absolute atomic E-state index is 8.88. The van der Waals surface area contributed by atoms with Crippen LogP contribution in [0.4, 0.5) is 0 Å². The molecule has 0 unspecified atom stereocenters. The predicted octanol–water partition coefficient (Wildman–Crippen LogP) is 17.0. The maximum atomic E-state index is 8.88. The van der Waals surface area contributed by atoms with Crippen molar-refractivity contribution in [3.05, 3.63) is 49.4 Å². The zero-order valence-corrected chi connectivity index (χ0v) is 49.6. The Hall–Kier alpha value is -2.37. The number of hydrogen-bond acceptors (Lipinski definition) is 21. The summed E-state index contributed by atoms with van der Waals surface area (Å²) >= 11 is 0. The number of ether oxygens (including phenoxy) is 2. The summed E-state index contributed by atoms with van der Waals surface area (Å²) in [6.45, 7) is 8.95. The summed E-state index contributed by atoms with van der Waals surface area (Å²) in [5.41, 5.74) is 0. The van der Waals surface area contributed by atoms with E-state index in [9.17, 15) is 0 Å². The molecule has 0 aliphatic carbocycles. The topological polar surface area (TPSA) is 262 Å². The molecular weight excluding hydrogens is 1060 g/mol. The average molecular weight is 1170 g/mol. The van der Waals surface area contributed by atoms with Crippen LogP contribution in [0.5, 0.6) is 0 Å². The summed E-state index contributed by atoms with van der Waals surface area (Å²) in [5, 5.41) is 56.1. The first-order chi connectivity index (χ1) is 38.8. The Kier molecular flexibility index (Phi) is 79.5. The molecule has 0 spiro atoms. The van der Waals surface area contributed by atoms with Crippen LogP contribution in [0.15, 0.2) is 49.4 Å². The van der Waals surface area contributed by atoms with E-state index in [1.165, 1.54) is 243 Å². The fourth-order valence-corrected chi connectivity index (χ4v) is 7.33. The van der Waals surface area contributed by atoms with Crippen molar-refractivity contribution in [3.63, 3.8) is 0 Å². The van der Waals surface area contributed by atoms with Gasteiger partial charge in [-0.05, 0) is 81.9 Å². The minimum Gasteiger partial charge on any atom is -0.499 e. The van der Waals surface area contributed by atoms with Gasteiger partial charge in [-0.25, -0.2) is 14.3 Å². The molecule has 3 N–H and O–H groups in total. The summed E-state index contributed by atoms with van der Waals surface area (Å²) in [5.74, 6) is 0. The quantitative estimate of drug-likeness (QED) is 0.0168. The molecule has 0 radical (unpaired) electrons. The number of phosphoric acid groups is 1. The van der Waals surface area contributed by atoms with E-state index in [2.05, 4.69) is 104 Å². The number of allylic oxidation sites excluding steroid dienone is 4. The van der Waals surface area contributed by atoms with Crippen molar-refractivity contribution in [1.29, 1.82) is 0 Å². The van der Waals surface area contributed by atoms with Gasteiger partial charge in [0.25, 0.3) is 0 Å². The van der Waals surface area contributed by atoms with E-state index >= 15 is 0 Å². The summed E-state index contributed by atoms with van der Waals surface area (Å²) in [6.07, 6.45) is 63.9. The van der Waals surface area contributed by atoms with Crippen LogP contribution in [0.1, 0.15) is 272 Å². The third-order valence-electron chi connectivity index (χ3n) is 11.3. The summed E-state index contributed by atoms with van der Waals surface area (Å²) in [6, 6.07) is 0. The molecule has 0 heterocycles. The van der Waals surface area contributed by atoms with Crippen molar-refractivity contribution < 1.29 is 119 Å². The Labute approximate surface area is 472 Å². The zero-order chi connectivity index (χ0) is 58.0. The van der Waals surface area contributed by atoms with E-state index in [-0.39, 0.29) is 26.4 Å². The van der Waals surface area contributed by atoms with Gasteiger partial charge in [-0.1, -0.05) is 244 Å². The molecule has 472 valence electrons. The minimum atomic E-state index is -4.64. The molecule has 0 aromatic heterocycles. The molecule has 0 aliphatic rings. The molecular formula is C54H107O24P. The van der Waals surface area contributed by atoms with Gasteiger partial charge in [0, 0.05) is 40.3 Å². The predicted molar refractivity (Wildman–Crippen MR) is 290 cm³/mol. The van der Waals surface area contributed by atoms with Crippen molar-refractivity contribution in [2.45, 2.75) is 272 Å². The van der Waals surface area contributed by atoms with Crippen LogP contribution >= 0.6 is 7.82 Å². The lowest BCUT2D eigenvalue weighted by Crippen LogP contribution is -2.05. The molecule has 0 aliphatic heterocycles. The van der Waals surface area contributed by atoms with Crippen LogP contribution in [-0.2, 0) is 104 Å². The van der Waals surface area contributed by atoms with Gasteiger partial charge in [0.1, 0.15) is 39.0 Å². The van der Waals surface area contributed by atoms with Crippen LogP contribution in [0.25, 0.3) is 0 Å². The number of rotatable bonds is 64. The van der Waals surface area contributed by atoms with E-state index in [0.717, 1.165) is 25.7 Å². The molecule has 24 nitrogen and oxygen atoms in total. The fourth-order valence-electron chi connectivity index (χ4n) is 7.33. The first kappa shape index (κ1) is 80.8. The monoisotopic (exact) mass is 1170 g/mol. The van der Waals surface area contributed by atoms with Gasteiger partial charge in [-0.15, -0.1) is 0 Å². The van der Waals surface area contributed by atoms with Crippen molar-refractivity contribution in [3.8, 4) is 0 Å². The highest BCUT2D eigenvalue weighted by atomic mass is 31.2. The molecule has 79 heavy (non-hydrogen) atoms. The molecule has 0 fully saturated rings. The molecule has 0 saturated heterocycles. The Morgan fingerprint density at radius 2 is 0.506 bits per heavy atom. The minimum absolute atomic E-state index is 0.105. The van der Waals surface area contributed by atoms with Crippen molar-refractivity contribution >= 4 is 7.82 Å². The lowest BCUT2D eigenvalue weighted by molar-refractivity contribution is -0.829. The molecule has 25 heteroatoms. The lowest BCUT2D eigenvalue weighted by atomic mass is 10.0. The Morgan fingerprint density at radius 1 is 0.291 bits per heavy atom. The van der Waals surface area contributed by atoms with E-state index in [1.54, 1.807) is 12.2 Å². The van der Waals surface area contributed by atoms with Crippen molar-refractivity contribution in [1.82, 2.24) is 0 Å². The maximum Gasteiger partial charge on any atom is 0.466 e. The van der Waals surface area contributed by atoms with E-state index < -0.39 is 7.82 Å². The molecule has 0 atom stereocenters. The molecule has 0 amide bonds. The second-order valence-electron chi connectivity index (χ2n) is 18.3. The zero-order valence-electron chi connectivity index (χ0n) is 48.7. The van der Waals surface area contributed by atoms with E-state index in [4.69, 9.17) is 28.7 Å². The van der Waals surface area contributed by atoms with Gasteiger partial charge < -0.3 is 33.9 Å². The van der Waals surface area contributed by atoms with Gasteiger partial charge in [0.05, 0.1) is 12.5 Å². The first-order valence-electron chi connectivity index (χ1n) is 29.3. The molecule has 0 aromatic rings. The van der Waals surface area contributed by atoms with Crippen LogP contribution < -0.4 is 0 Å². The Bertz CT molecular complexity index is 1160. The molecule has 0 aromatic carbocycles. The third kappa shape index (κ3) is 95.2. The lowest BCUT2D eigenvalue weighted by Gasteiger charge is -2.03. The summed E-state index contributed by atoms with van der Waals surface area (Å²) in [7, 11) is -4.64.